The van der Waals surface area contributed by atoms with Crippen LogP contribution < -0.4 is 14.4 Å². The normalized spacial score (nSPS) is 12.8. The molecule has 11 heteroatoms. The fourth-order valence-electron chi connectivity index (χ4n) is 3.85. The zero-order valence-corrected chi connectivity index (χ0v) is 24.4. The highest BCUT2D eigenvalue weighted by Gasteiger charge is 2.32. The van der Waals surface area contributed by atoms with E-state index < -0.39 is 34.3 Å². The van der Waals surface area contributed by atoms with Gasteiger partial charge < -0.3 is 15.0 Å². The van der Waals surface area contributed by atoms with Crippen molar-refractivity contribution in [1.29, 1.82) is 0 Å². The largest absolute Gasteiger partial charge is 0.497 e. The highest BCUT2D eigenvalue weighted by molar-refractivity contribution is 7.92. The lowest BCUT2D eigenvalue weighted by molar-refractivity contribution is -0.139. The molecular formula is C29H33ClFN3O5S. The van der Waals surface area contributed by atoms with Crippen LogP contribution in [-0.2, 0) is 26.2 Å². The van der Waals surface area contributed by atoms with Gasteiger partial charge in [-0.1, -0.05) is 30.7 Å². The van der Waals surface area contributed by atoms with Gasteiger partial charge in [0.1, 0.15) is 24.2 Å². The van der Waals surface area contributed by atoms with Gasteiger partial charge in [0.15, 0.2) is 0 Å². The van der Waals surface area contributed by atoms with Crippen molar-refractivity contribution in [3.63, 3.8) is 0 Å². The summed E-state index contributed by atoms with van der Waals surface area (Å²) in [4.78, 5) is 28.2. The summed E-state index contributed by atoms with van der Waals surface area (Å²) in [6.07, 6.45) is 0.696. The molecule has 3 rings (SSSR count). The van der Waals surface area contributed by atoms with Gasteiger partial charge in [0, 0.05) is 17.6 Å². The van der Waals surface area contributed by atoms with Gasteiger partial charge in [-0.25, -0.2) is 12.8 Å². The van der Waals surface area contributed by atoms with Crippen molar-refractivity contribution in [2.75, 3.05) is 18.0 Å². The molecule has 0 aliphatic heterocycles. The summed E-state index contributed by atoms with van der Waals surface area (Å²) in [6.45, 7) is 4.77. The molecule has 0 aliphatic carbocycles. The molecule has 3 aromatic carbocycles. The zero-order chi connectivity index (χ0) is 29.4. The number of halogens is 2. The van der Waals surface area contributed by atoms with Gasteiger partial charge in [0.2, 0.25) is 11.8 Å². The summed E-state index contributed by atoms with van der Waals surface area (Å²) < 4.78 is 47.3. The number of hydrogen-bond donors (Lipinski definition) is 1. The van der Waals surface area contributed by atoms with Crippen LogP contribution in [0.1, 0.15) is 32.8 Å². The summed E-state index contributed by atoms with van der Waals surface area (Å²) >= 11 is 6.02. The molecule has 0 heterocycles. The van der Waals surface area contributed by atoms with E-state index in [-0.39, 0.29) is 29.1 Å². The summed E-state index contributed by atoms with van der Waals surface area (Å²) in [7, 11) is -2.82. The quantitative estimate of drug-likeness (QED) is 0.320. The van der Waals surface area contributed by atoms with Crippen LogP contribution in [0.15, 0.2) is 77.7 Å². The first-order chi connectivity index (χ1) is 19.0. The van der Waals surface area contributed by atoms with Crippen LogP contribution in [0, 0.1) is 5.82 Å². The lowest BCUT2D eigenvalue weighted by atomic mass is 10.1. The topological polar surface area (TPSA) is 96.0 Å². The number of rotatable bonds is 12. The number of methoxy groups -OCH3 is 1. The SMILES string of the molecule is CC[C@H](C)NC(=O)[C@H](C)N(Cc1ccc(Cl)cc1)C(=O)CN(c1ccc(F)cc1)S(=O)(=O)c1ccc(OC)cc1. The molecule has 0 radical (unpaired) electrons. The first kappa shape index (κ1) is 30.9. The van der Waals surface area contributed by atoms with Crippen LogP contribution in [0.5, 0.6) is 5.75 Å². The van der Waals surface area contributed by atoms with Crippen LogP contribution in [0.25, 0.3) is 0 Å². The molecule has 0 spiro atoms. The molecule has 0 fully saturated rings. The maximum Gasteiger partial charge on any atom is 0.264 e. The van der Waals surface area contributed by atoms with E-state index in [4.69, 9.17) is 16.3 Å². The van der Waals surface area contributed by atoms with Crippen molar-refractivity contribution < 1.29 is 27.1 Å². The molecule has 0 unspecified atom stereocenters. The van der Waals surface area contributed by atoms with E-state index in [1.54, 1.807) is 31.2 Å². The average Bonchev–Trinajstić information content (AvgIpc) is 2.95. The van der Waals surface area contributed by atoms with Crippen molar-refractivity contribution in [3.05, 3.63) is 89.2 Å². The molecule has 0 saturated heterocycles. The maximum atomic E-state index is 13.9. The van der Waals surface area contributed by atoms with E-state index >= 15 is 0 Å². The number of hydrogen-bond acceptors (Lipinski definition) is 5. The maximum absolute atomic E-state index is 13.9. The first-order valence-corrected chi connectivity index (χ1v) is 14.5. The smallest absolute Gasteiger partial charge is 0.264 e. The number of nitrogens with one attached hydrogen (secondary N) is 1. The number of benzene rings is 3. The molecule has 40 heavy (non-hydrogen) atoms. The van der Waals surface area contributed by atoms with Gasteiger partial charge in [-0.05, 0) is 86.5 Å². The number of anilines is 1. The summed E-state index contributed by atoms with van der Waals surface area (Å²) in [6, 6.07) is 16.3. The van der Waals surface area contributed by atoms with E-state index in [0.29, 0.717) is 22.8 Å². The Morgan fingerprint density at radius 3 is 2.12 bits per heavy atom. The predicted octanol–water partition coefficient (Wildman–Crippen LogP) is 5.02. The monoisotopic (exact) mass is 589 g/mol. The van der Waals surface area contributed by atoms with Crippen molar-refractivity contribution in [2.24, 2.45) is 0 Å². The molecule has 0 saturated carbocycles. The van der Waals surface area contributed by atoms with Gasteiger partial charge in [0.25, 0.3) is 10.0 Å². The second kappa shape index (κ2) is 13.6. The Balaban J connectivity index is 2.01. The highest BCUT2D eigenvalue weighted by atomic mass is 35.5. The molecule has 214 valence electrons. The number of nitrogens with zero attached hydrogens (tertiary/aromatic N) is 2. The van der Waals surface area contributed by atoms with E-state index in [0.717, 1.165) is 16.4 Å². The highest BCUT2D eigenvalue weighted by Crippen LogP contribution is 2.26. The molecule has 0 aromatic heterocycles. The fourth-order valence-corrected chi connectivity index (χ4v) is 5.39. The van der Waals surface area contributed by atoms with Crippen LogP contribution in [0.4, 0.5) is 10.1 Å². The molecule has 2 atom stereocenters. The van der Waals surface area contributed by atoms with E-state index in [1.807, 2.05) is 13.8 Å². The third-order valence-corrected chi connectivity index (χ3v) is 8.52. The van der Waals surface area contributed by atoms with Gasteiger partial charge >= 0.3 is 0 Å². The molecule has 0 aliphatic rings. The molecule has 3 aromatic rings. The zero-order valence-electron chi connectivity index (χ0n) is 22.8. The van der Waals surface area contributed by atoms with Gasteiger partial charge in [-0.2, -0.15) is 0 Å². The van der Waals surface area contributed by atoms with Crippen LogP contribution in [0.2, 0.25) is 5.02 Å². The minimum Gasteiger partial charge on any atom is -0.497 e. The van der Waals surface area contributed by atoms with Gasteiger partial charge in [-0.3, -0.25) is 13.9 Å². The summed E-state index contributed by atoms with van der Waals surface area (Å²) in [5.41, 5.74) is 0.793. The Morgan fingerprint density at radius 2 is 1.57 bits per heavy atom. The Hall–Kier alpha value is -3.63. The standard InChI is InChI=1S/C29H33ClFN3O5S/c1-5-20(2)32-29(36)21(3)33(18-22-6-8-23(30)9-7-22)28(35)19-34(25-12-10-24(31)11-13-25)40(37,38)27-16-14-26(39-4)15-17-27/h6-17,20-21H,5,18-19H2,1-4H3,(H,32,36)/t20-,21-/m0/s1. The van der Waals surface area contributed by atoms with Crippen molar-refractivity contribution in [2.45, 2.75) is 50.7 Å². The number of carbonyl (C=O) groups is 2. The van der Waals surface area contributed by atoms with Crippen LogP contribution >= 0.6 is 11.6 Å². The van der Waals surface area contributed by atoms with Crippen LogP contribution in [-0.4, -0.2) is 50.9 Å². The molecule has 0 bridgehead atoms. The van der Waals surface area contributed by atoms with E-state index in [1.165, 1.54) is 48.4 Å². The minimum atomic E-state index is -4.28. The average molecular weight is 590 g/mol. The number of ether oxygens (including phenoxy) is 1. The Kier molecular flexibility index (Phi) is 10.5. The Labute approximate surface area is 239 Å². The first-order valence-electron chi connectivity index (χ1n) is 12.7. The van der Waals surface area contributed by atoms with Gasteiger partial charge in [-0.15, -0.1) is 0 Å². The fraction of sp³-hybridized carbons (Fsp3) is 0.310. The van der Waals surface area contributed by atoms with Gasteiger partial charge in [0.05, 0.1) is 17.7 Å². The second-order valence-electron chi connectivity index (χ2n) is 9.31. The molecule has 2 amide bonds. The van der Waals surface area contributed by atoms with E-state index in [2.05, 4.69) is 5.32 Å². The van der Waals surface area contributed by atoms with Crippen molar-refractivity contribution >= 4 is 39.1 Å². The third-order valence-electron chi connectivity index (χ3n) is 6.48. The van der Waals surface area contributed by atoms with Crippen molar-refractivity contribution in [1.82, 2.24) is 10.2 Å². The van der Waals surface area contributed by atoms with Crippen LogP contribution in [0.3, 0.4) is 0 Å². The summed E-state index contributed by atoms with van der Waals surface area (Å²) in [5, 5.41) is 3.39. The van der Waals surface area contributed by atoms with E-state index in [9.17, 15) is 22.4 Å². The lowest BCUT2D eigenvalue weighted by Crippen LogP contribution is -2.52. The number of amides is 2. The van der Waals surface area contributed by atoms with Crippen molar-refractivity contribution in [3.8, 4) is 5.75 Å². The molecule has 8 nitrogen and oxygen atoms in total. The molecule has 1 N–H and O–H groups in total. The predicted molar refractivity (Wildman–Crippen MR) is 153 cm³/mol. The number of sulfonamides is 1. The minimum absolute atomic E-state index is 0.0327. The number of carbonyl (C=O) groups excluding carboxylic acids is 2. The Bertz CT molecular complexity index is 1400. The second-order valence-corrected chi connectivity index (χ2v) is 11.6. The molecular weight excluding hydrogens is 557 g/mol. The summed E-state index contributed by atoms with van der Waals surface area (Å²) in [5.74, 6) is -1.10. The Morgan fingerprint density at radius 1 is 0.975 bits per heavy atom. The lowest BCUT2D eigenvalue weighted by Gasteiger charge is -2.32. The third kappa shape index (κ3) is 7.73.